The molecule has 8 nitrogen and oxygen atoms in total. The number of carbonyl (C=O) groups excluding carboxylic acids is 1. The number of hydrogen-bond acceptors (Lipinski definition) is 5. The van der Waals surface area contributed by atoms with Crippen molar-refractivity contribution in [3.63, 3.8) is 0 Å². The van der Waals surface area contributed by atoms with Gasteiger partial charge in [0.15, 0.2) is 11.6 Å². The zero-order valence-corrected chi connectivity index (χ0v) is 17.0. The topological polar surface area (TPSA) is 76.7 Å². The quantitative estimate of drug-likeness (QED) is 0.695. The van der Waals surface area contributed by atoms with Gasteiger partial charge in [-0.15, -0.1) is 0 Å². The third kappa shape index (κ3) is 3.37. The number of fused-ring (bicyclic) bond motifs is 1. The Kier molecular flexibility index (Phi) is 4.31. The van der Waals surface area contributed by atoms with Crippen molar-refractivity contribution in [2.45, 2.75) is 25.8 Å². The van der Waals surface area contributed by atoms with Crippen LogP contribution in [-0.2, 0) is 11.8 Å². The number of anilines is 1. The second-order valence-electron chi connectivity index (χ2n) is 8.34. The molecule has 0 aromatic carbocycles. The lowest BCUT2D eigenvalue weighted by atomic mass is 10.1. The lowest BCUT2D eigenvalue weighted by molar-refractivity contribution is -0.117. The van der Waals surface area contributed by atoms with Crippen LogP contribution >= 0.6 is 0 Å². The van der Waals surface area contributed by atoms with Crippen LogP contribution < -0.4 is 10.1 Å². The number of aryl methyl sites for hydroxylation is 1. The number of rotatable bonds is 6. The number of amides is 1. The second-order valence-corrected chi connectivity index (χ2v) is 8.34. The number of nitrogens with one attached hydrogen (secondary N) is 1. The summed E-state index contributed by atoms with van der Waals surface area (Å²) in [5.41, 5.74) is 2.85. The molecule has 3 aromatic heterocycles. The molecule has 0 spiro atoms. The van der Waals surface area contributed by atoms with Crippen LogP contribution in [0.4, 0.5) is 5.82 Å². The minimum Gasteiger partial charge on any atom is -0.488 e. The summed E-state index contributed by atoms with van der Waals surface area (Å²) >= 11 is 0. The van der Waals surface area contributed by atoms with Crippen LogP contribution in [-0.4, -0.2) is 56.4 Å². The van der Waals surface area contributed by atoms with Crippen molar-refractivity contribution in [1.82, 2.24) is 24.3 Å². The van der Waals surface area contributed by atoms with E-state index < -0.39 is 0 Å². The first-order valence-electron chi connectivity index (χ1n) is 10.2. The van der Waals surface area contributed by atoms with E-state index in [4.69, 9.17) is 4.74 Å². The van der Waals surface area contributed by atoms with Crippen molar-refractivity contribution >= 4 is 17.2 Å². The first-order valence-corrected chi connectivity index (χ1v) is 10.2. The van der Waals surface area contributed by atoms with E-state index in [2.05, 4.69) is 34.4 Å². The maximum Gasteiger partial charge on any atom is 0.228 e. The minimum absolute atomic E-state index is 0.0596. The number of hydrogen-bond donors (Lipinski definition) is 1. The fourth-order valence-electron chi connectivity index (χ4n) is 3.93. The summed E-state index contributed by atoms with van der Waals surface area (Å²) in [6.45, 7) is 3.89. The van der Waals surface area contributed by atoms with Crippen LogP contribution in [0.2, 0.25) is 0 Å². The molecule has 0 radical (unpaired) electrons. The number of aromatic nitrogens is 4. The lowest BCUT2D eigenvalue weighted by Crippen LogP contribution is -2.48. The second kappa shape index (κ2) is 6.88. The summed E-state index contributed by atoms with van der Waals surface area (Å²) in [5, 5.41) is 11.8. The number of ether oxygens (including phenoxy) is 1. The van der Waals surface area contributed by atoms with Crippen molar-refractivity contribution in [2.75, 3.05) is 25.5 Å². The third-order valence-corrected chi connectivity index (χ3v) is 6.21. The van der Waals surface area contributed by atoms with Crippen molar-refractivity contribution in [2.24, 2.45) is 18.9 Å². The molecule has 2 fully saturated rings. The van der Waals surface area contributed by atoms with Gasteiger partial charge in [-0.25, -0.2) is 4.52 Å². The molecular formula is C21H26N6O2. The van der Waals surface area contributed by atoms with E-state index in [0.717, 1.165) is 35.5 Å². The highest BCUT2D eigenvalue weighted by molar-refractivity contribution is 5.94. The zero-order valence-electron chi connectivity index (χ0n) is 17.0. The molecule has 0 unspecified atom stereocenters. The van der Waals surface area contributed by atoms with Gasteiger partial charge in [-0.2, -0.15) is 10.2 Å². The molecule has 29 heavy (non-hydrogen) atoms. The summed E-state index contributed by atoms with van der Waals surface area (Å²) in [5.74, 6) is 2.03. The number of nitrogens with zero attached hydrogens (tertiary/aromatic N) is 5. The molecule has 8 heteroatoms. The van der Waals surface area contributed by atoms with Crippen LogP contribution in [0.3, 0.4) is 0 Å². The summed E-state index contributed by atoms with van der Waals surface area (Å²) in [6.07, 6.45) is 5.80. The summed E-state index contributed by atoms with van der Waals surface area (Å²) in [6, 6.07) is 6.41. The number of likely N-dealkylation sites (tertiary alicyclic amines) is 1. The number of likely N-dealkylation sites (N-methyl/N-ethyl adjacent to an activating group) is 1. The summed E-state index contributed by atoms with van der Waals surface area (Å²) < 4.78 is 9.70. The predicted octanol–water partition coefficient (Wildman–Crippen LogP) is 2.41. The Hall–Kier alpha value is -2.87. The normalized spacial score (nSPS) is 23.8. The summed E-state index contributed by atoms with van der Waals surface area (Å²) in [7, 11) is 4.04. The van der Waals surface area contributed by atoms with Crippen LogP contribution in [0.1, 0.15) is 19.8 Å². The molecule has 1 saturated heterocycles. The van der Waals surface area contributed by atoms with Crippen molar-refractivity contribution < 1.29 is 9.53 Å². The average molecular weight is 394 g/mol. The molecular weight excluding hydrogens is 368 g/mol. The molecule has 0 bridgehead atoms. The third-order valence-electron chi connectivity index (χ3n) is 6.21. The van der Waals surface area contributed by atoms with Gasteiger partial charge in [0, 0.05) is 36.8 Å². The Morgan fingerprint density at radius 3 is 2.86 bits per heavy atom. The van der Waals surface area contributed by atoms with Crippen LogP contribution in [0.25, 0.3) is 16.8 Å². The summed E-state index contributed by atoms with van der Waals surface area (Å²) in [4.78, 5) is 14.5. The SMILES string of the molecule is C[C@H]1C[C@@H]1C(=O)Nc1cc2cc(-c3c(OC[C@H]4CCN4C)cnn3C)ccn2n1. The molecule has 1 aliphatic carbocycles. The highest BCUT2D eigenvalue weighted by Gasteiger charge is 2.39. The van der Waals surface area contributed by atoms with Crippen molar-refractivity contribution in [3.8, 4) is 17.0 Å². The monoisotopic (exact) mass is 394 g/mol. The van der Waals surface area contributed by atoms with Gasteiger partial charge in [0.05, 0.1) is 11.7 Å². The average Bonchev–Trinajstić information content (AvgIpc) is 3.12. The highest BCUT2D eigenvalue weighted by Crippen LogP contribution is 2.38. The minimum atomic E-state index is 0.0596. The maximum atomic E-state index is 12.2. The smallest absolute Gasteiger partial charge is 0.228 e. The Labute approximate surface area is 169 Å². The van der Waals surface area contributed by atoms with E-state index in [1.807, 2.05) is 36.1 Å². The van der Waals surface area contributed by atoms with Crippen LogP contribution in [0.15, 0.2) is 30.6 Å². The molecule has 1 aliphatic heterocycles. The predicted molar refractivity (Wildman–Crippen MR) is 110 cm³/mol. The molecule has 2 aliphatic rings. The van der Waals surface area contributed by atoms with E-state index in [9.17, 15) is 4.79 Å². The van der Waals surface area contributed by atoms with Gasteiger partial charge in [0.25, 0.3) is 0 Å². The van der Waals surface area contributed by atoms with E-state index >= 15 is 0 Å². The van der Waals surface area contributed by atoms with Gasteiger partial charge < -0.3 is 10.1 Å². The van der Waals surface area contributed by atoms with Gasteiger partial charge in [0.2, 0.25) is 5.91 Å². The first-order chi connectivity index (χ1) is 14.0. The van der Waals surface area contributed by atoms with Gasteiger partial charge in [-0.05, 0) is 44.5 Å². The van der Waals surface area contributed by atoms with Gasteiger partial charge in [0.1, 0.15) is 12.3 Å². The Bertz CT molecular complexity index is 1070. The number of carbonyl (C=O) groups is 1. The molecule has 4 heterocycles. The van der Waals surface area contributed by atoms with Crippen LogP contribution in [0, 0.1) is 11.8 Å². The van der Waals surface area contributed by atoms with E-state index in [1.54, 1.807) is 10.7 Å². The molecule has 3 atom stereocenters. The molecule has 152 valence electrons. The zero-order chi connectivity index (χ0) is 20.1. The lowest BCUT2D eigenvalue weighted by Gasteiger charge is -2.37. The molecule has 1 amide bonds. The van der Waals surface area contributed by atoms with Crippen molar-refractivity contribution in [1.29, 1.82) is 0 Å². The Balaban J connectivity index is 1.37. The van der Waals surface area contributed by atoms with Gasteiger partial charge in [-0.1, -0.05) is 6.92 Å². The van der Waals surface area contributed by atoms with E-state index in [1.165, 1.54) is 6.42 Å². The fourth-order valence-corrected chi connectivity index (χ4v) is 3.93. The molecule has 1 N–H and O–H groups in total. The van der Waals surface area contributed by atoms with Crippen LogP contribution in [0.5, 0.6) is 5.75 Å². The Morgan fingerprint density at radius 2 is 2.17 bits per heavy atom. The Morgan fingerprint density at radius 1 is 1.34 bits per heavy atom. The van der Waals surface area contributed by atoms with Gasteiger partial charge in [-0.3, -0.25) is 14.4 Å². The van der Waals surface area contributed by atoms with E-state index in [0.29, 0.717) is 24.4 Å². The molecule has 3 aromatic rings. The van der Waals surface area contributed by atoms with Crippen molar-refractivity contribution in [3.05, 3.63) is 30.6 Å². The molecule has 5 rings (SSSR count). The van der Waals surface area contributed by atoms with E-state index in [-0.39, 0.29) is 11.8 Å². The number of pyridine rings is 1. The largest absolute Gasteiger partial charge is 0.488 e. The van der Waals surface area contributed by atoms with Gasteiger partial charge >= 0.3 is 0 Å². The highest BCUT2D eigenvalue weighted by atomic mass is 16.5. The molecule has 1 saturated carbocycles. The standard InChI is InChI=1S/C21H26N6O2/c1-13-8-17(13)21(28)23-19-10-16-9-14(4-7-27(16)24-19)20-18(11-22-26(20)3)29-12-15-5-6-25(15)2/h4,7,9-11,13,15,17H,5-6,8,12H2,1-3H3,(H,23,24,28)/t13-,15+,17-/m0/s1. The maximum absolute atomic E-state index is 12.2. The fraction of sp³-hybridized carbons (Fsp3) is 0.476. The first kappa shape index (κ1) is 18.2.